The number of ether oxygens (including phenoxy) is 1. The summed E-state index contributed by atoms with van der Waals surface area (Å²) in [5.41, 5.74) is 1.27. The van der Waals surface area contributed by atoms with Crippen LogP contribution in [0.3, 0.4) is 0 Å². The van der Waals surface area contributed by atoms with Gasteiger partial charge < -0.3 is 9.64 Å². The van der Waals surface area contributed by atoms with Crippen molar-refractivity contribution in [3.63, 3.8) is 0 Å². The molecule has 0 aromatic heterocycles. The van der Waals surface area contributed by atoms with Crippen molar-refractivity contribution in [3.05, 3.63) is 24.3 Å². The van der Waals surface area contributed by atoms with Crippen LogP contribution in [-0.2, 0) is 0 Å². The molecular formula is C19H33NO. The van der Waals surface area contributed by atoms with E-state index in [1.807, 2.05) is 0 Å². The van der Waals surface area contributed by atoms with Gasteiger partial charge >= 0.3 is 0 Å². The van der Waals surface area contributed by atoms with E-state index in [1.54, 1.807) is 0 Å². The molecule has 0 spiro atoms. The first kappa shape index (κ1) is 17.9. The molecule has 2 heteroatoms. The summed E-state index contributed by atoms with van der Waals surface area (Å²) in [7, 11) is 2.17. The van der Waals surface area contributed by atoms with Crippen LogP contribution in [0.15, 0.2) is 24.3 Å². The van der Waals surface area contributed by atoms with Crippen LogP contribution in [0, 0.1) is 5.92 Å². The third kappa shape index (κ3) is 6.88. The SMILES string of the molecule is CCCCCCOc1ccc(N(C)C(C)CC(C)C)cc1. The molecule has 1 atom stereocenters. The highest BCUT2D eigenvalue weighted by Gasteiger charge is 2.11. The minimum Gasteiger partial charge on any atom is -0.494 e. The zero-order chi connectivity index (χ0) is 15.7. The summed E-state index contributed by atoms with van der Waals surface area (Å²) >= 11 is 0. The topological polar surface area (TPSA) is 12.5 Å². The van der Waals surface area contributed by atoms with Gasteiger partial charge in [0.05, 0.1) is 6.61 Å². The molecule has 120 valence electrons. The molecule has 0 saturated heterocycles. The normalized spacial score (nSPS) is 12.5. The molecule has 0 bridgehead atoms. The van der Waals surface area contributed by atoms with E-state index in [0.717, 1.165) is 24.7 Å². The summed E-state index contributed by atoms with van der Waals surface area (Å²) in [5.74, 6) is 1.72. The van der Waals surface area contributed by atoms with Crippen LogP contribution in [0.25, 0.3) is 0 Å². The number of nitrogens with zero attached hydrogens (tertiary/aromatic N) is 1. The Morgan fingerprint density at radius 3 is 2.24 bits per heavy atom. The number of hydrogen-bond donors (Lipinski definition) is 0. The Morgan fingerprint density at radius 1 is 1.00 bits per heavy atom. The van der Waals surface area contributed by atoms with Gasteiger partial charge in [-0.05, 0) is 49.9 Å². The zero-order valence-electron chi connectivity index (χ0n) is 14.6. The summed E-state index contributed by atoms with van der Waals surface area (Å²) in [6, 6.07) is 9.07. The highest BCUT2D eigenvalue weighted by molar-refractivity contribution is 5.49. The van der Waals surface area contributed by atoms with Crippen LogP contribution in [0.1, 0.15) is 59.8 Å². The minimum atomic E-state index is 0.561. The van der Waals surface area contributed by atoms with Gasteiger partial charge in [-0.3, -0.25) is 0 Å². The predicted octanol–water partition coefficient (Wildman–Crippen LogP) is 5.52. The van der Waals surface area contributed by atoms with E-state index in [-0.39, 0.29) is 0 Å². The third-order valence-corrected chi connectivity index (χ3v) is 3.98. The lowest BCUT2D eigenvalue weighted by atomic mass is 10.0. The maximum absolute atomic E-state index is 5.79. The van der Waals surface area contributed by atoms with Crippen LogP contribution in [0.4, 0.5) is 5.69 Å². The van der Waals surface area contributed by atoms with Crippen molar-refractivity contribution >= 4 is 5.69 Å². The van der Waals surface area contributed by atoms with E-state index in [9.17, 15) is 0 Å². The van der Waals surface area contributed by atoms with E-state index in [0.29, 0.717) is 6.04 Å². The number of unbranched alkanes of at least 4 members (excludes halogenated alkanes) is 3. The standard InChI is InChI=1S/C19H33NO/c1-6-7-8-9-14-21-19-12-10-18(11-13-19)20(5)17(4)15-16(2)3/h10-13,16-17H,6-9,14-15H2,1-5H3. The first-order valence-electron chi connectivity index (χ1n) is 8.50. The summed E-state index contributed by atoms with van der Waals surface area (Å²) in [6.45, 7) is 9.91. The van der Waals surface area contributed by atoms with E-state index < -0.39 is 0 Å². The Kier molecular flexibility index (Phi) is 8.26. The zero-order valence-corrected chi connectivity index (χ0v) is 14.6. The molecule has 0 aliphatic rings. The second-order valence-corrected chi connectivity index (χ2v) is 6.49. The number of hydrogen-bond acceptors (Lipinski definition) is 2. The Balaban J connectivity index is 2.42. The average Bonchev–Trinajstić information content (AvgIpc) is 2.46. The number of rotatable bonds is 10. The maximum Gasteiger partial charge on any atom is 0.119 e. The Bertz CT molecular complexity index is 372. The summed E-state index contributed by atoms with van der Waals surface area (Å²) in [6.07, 6.45) is 6.22. The molecule has 1 unspecified atom stereocenters. The van der Waals surface area contributed by atoms with Crippen LogP contribution < -0.4 is 9.64 Å². The van der Waals surface area contributed by atoms with Gasteiger partial charge in [0.15, 0.2) is 0 Å². The molecular weight excluding hydrogens is 258 g/mol. The van der Waals surface area contributed by atoms with Gasteiger partial charge in [-0.15, -0.1) is 0 Å². The minimum absolute atomic E-state index is 0.561. The van der Waals surface area contributed by atoms with Crippen LogP contribution in [0.2, 0.25) is 0 Å². The molecule has 0 amide bonds. The highest BCUT2D eigenvalue weighted by atomic mass is 16.5. The van der Waals surface area contributed by atoms with Crippen LogP contribution in [0.5, 0.6) is 5.75 Å². The van der Waals surface area contributed by atoms with E-state index in [2.05, 4.69) is 63.9 Å². The van der Waals surface area contributed by atoms with Crippen LogP contribution in [-0.4, -0.2) is 19.7 Å². The molecule has 0 saturated carbocycles. The van der Waals surface area contributed by atoms with Gasteiger partial charge in [-0.2, -0.15) is 0 Å². The van der Waals surface area contributed by atoms with Crippen molar-refractivity contribution in [2.45, 2.75) is 65.8 Å². The molecule has 1 rings (SSSR count). The highest BCUT2D eigenvalue weighted by Crippen LogP contribution is 2.22. The Labute approximate surface area is 131 Å². The average molecular weight is 291 g/mol. The van der Waals surface area contributed by atoms with Gasteiger partial charge in [0.25, 0.3) is 0 Å². The maximum atomic E-state index is 5.79. The molecule has 1 aromatic rings. The van der Waals surface area contributed by atoms with E-state index in [1.165, 1.54) is 31.4 Å². The lowest BCUT2D eigenvalue weighted by Crippen LogP contribution is -2.29. The van der Waals surface area contributed by atoms with Crippen LogP contribution >= 0.6 is 0 Å². The Morgan fingerprint density at radius 2 is 1.67 bits per heavy atom. The first-order chi connectivity index (χ1) is 10.0. The van der Waals surface area contributed by atoms with Crippen molar-refractivity contribution in [2.24, 2.45) is 5.92 Å². The van der Waals surface area contributed by atoms with Gasteiger partial charge in [0.1, 0.15) is 5.75 Å². The van der Waals surface area contributed by atoms with Crippen molar-refractivity contribution in [3.8, 4) is 5.75 Å². The number of benzene rings is 1. The van der Waals surface area contributed by atoms with Gasteiger partial charge in [0, 0.05) is 18.8 Å². The Hall–Kier alpha value is -1.18. The smallest absolute Gasteiger partial charge is 0.119 e. The molecule has 1 aromatic carbocycles. The second-order valence-electron chi connectivity index (χ2n) is 6.49. The van der Waals surface area contributed by atoms with Gasteiger partial charge in [-0.25, -0.2) is 0 Å². The molecule has 0 fully saturated rings. The van der Waals surface area contributed by atoms with Gasteiger partial charge in [-0.1, -0.05) is 40.0 Å². The fourth-order valence-corrected chi connectivity index (χ4v) is 2.59. The summed E-state index contributed by atoms with van der Waals surface area (Å²) in [5, 5.41) is 0. The monoisotopic (exact) mass is 291 g/mol. The fraction of sp³-hybridized carbons (Fsp3) is 0.684. The van der Waals surface area contributed by atoms with E-state index in [4.69, 9.17) is 4.74 Å². The van der Waals surface area contributed by atoms with Crippen molar-refractivity contribution in [1.29, 1.82) is 0 Å². The molecule has 0 heterocycles. The first-order valence-corrected chi connectivity index (χ1v) is 8.50. The number of anilines is 1. The summed E-state index contributed by atoms with van der Waals surface area (Å²) in [4.78, 5) is 2.35. The van der Waals surface area contributed by atoms with Gasteiger partial charge in [0.2, 0.25) is 0 Å². The molecule has 0 radical (unpaired) electrons. The molecule has 0 aliphatic carbocycles. The predicted molar refractivity (Wildman–Crippen MR) is 93.4 cm³/mol. The van der Waals surface area contributed by atoms with E-state index >= 15 is 0 Å². The fourth-order valence-electron chi connectivity index (χ4n) is 2.59. The lowest BCUT2D eigenvalue weighted by molar-refractivity contribution is 0.305. The summed E-state index contributed by atoms with van der Waals surface area (Å²) < 4.78 is 5.79. The third-order valence-electron chi connectivity index (χ3n) is 3.98. The molecule has 0 aliphatic heterocycles. The molecule has 2 nitrogen and oxygen atoms in total. The molecule has 0 N–H and O–H groups in total. The van der Waals surface area contributed by atoms with Crippen molar-refractivity contribution in [2.75, 3.05) is 18.6 Å². The van der Waals surface area contributed by atoms with Crippen molar-refractivity contribution in [1.82, 2.24) is 0 Å². The molecule has 21 heavy (non-hydrogen) atoms. The second kappa shape index (κ2) is 9.70. The quantitative estimate of drug-likeness (QED) is 0.526. The largest absolute Gasteiger partial charge is 0.494 e. The van der Waals surface area contributed by atoms with Crippen molar-refractivity contribution < 1.29 is 4.74 Å². The lowest BCUT2D eigenvalue weighted by Gasteiger charge is -2.28.